The maximum absolute atomic E-state index is 13.6. The Balaban J connectivity index is 1.06. The zero-order valence-corrected chi connectivity index (χ0v) is 32.3. The average molecular weight is 797 g/mol. The number of esters is 2. The predicted octanol–water partition coefficient (Wildman–Crippen LogP) is 1.40. The minimum absolute atomic E-state index is 0.116. The number of carbonyl (C=O) groups excluding carboxylic acids is 8. The number of nitrogens with zero attached hydrogens (tertiary/aromatic N) is 2. The quantitative estimate of drug-likeness (QED) is 0.100. The molecular weight excluding hydrogens is 752 g/mol. The van der Waals surface area contributed by atoms with Gasteiger partial charge < -0.3 is 39.9 Å². The monoisotopic (exact) mass is 796 g/mol. The van der Waals surface area contributed by atoms with E-state index >= 15 is 0 Å². The van der Waals surface area contributed by atoms with Crippen LogP contribution in [-0.4, -0.2) is 119 Å². The molecule has 2 saturated heterocycles. The maximum Gasteiger partial charge on any atom is 0.328 e. The summed E-state index contributed by atoms with van der Waals surface area (Å²) in [5, 5.41) is 11.7. The number of amides is 8. The number of aromatic nitrogens is 2. The minimum atomic E-state index is -1.55. The van der Waals surface area contributed by atoms with Gasteiger partial charge >= 0.3 is 24.0 Å². The Morgan fingerprint density at radius 1 is 0.655 bits per heavy atom. The highest BCUT2D eigenvalue weighted by Crippen LogP contribution is 2.63. The molecule has 4 heterocycles. The van der Waals surface area contributed by atoms with Crippen molar-refractivity contribution in [3.63, 3.8) is 0 Å². The topological polar surface area (TPSA) is 241 Å². The van der Waals surface area contributed by atoms with Crippen molar-refractivity contribution >= 4 is 69.4 Å². The summed E-state index contributed by atoms with van der Waals surface area (Å²) in [6.07, 6.45) is 3.10. The van der Waals surface area contributed by atoms with Gasteiger partial charge in [0.2, 0.25) is 23.6 Å². The molecule has 2 aromatic heterocycles. The van der Waals surface area contributed by atoms with Crippen LogP contribution in [0.4, 0.5) is 9.59 Å². The number of H-pyrrole nitrogens is 2. The molecule has 18 heteroatoms. The van der Waals surface area contributed by atoms with Crippen LogP contribution in [0.25, 0.3) is 21.8 Å². The molecule has 2 aliphatic heterocycles. The molecule has 1 aliphatic carbocycles. The Morgan fingerprint density at radius 3 is 1.41 bits per heavy atom. The van der Waals surface area contributed by atoms with E-state index in [4.69, 9.17) is 9.47 Å². The van der Waals surface area contributed by atoms with Crippen LogP contribution in [0.2, 0.25) is 0 Å². The number of carbonyl (C=O) groups is 8. The van der Waals surface area contributed by atoms with Crippen molar-refractivity contribution in [3.8, 4) is 0 Å². The molecule has 3 fully saturated rings. The predicted molar refractivity (Wildman–Crippen MR) is 205 cm³/mol. The molecule has 4 aromatic rings. The number of aromatic amines is 2. The normalized spacial score (nSPS) is 23.5. The Hall–Kier alpha value is -6.72. The van der Waals surface area contributed by atoms with E-state index in [2.05, 4.69) is 31.2 Å². The van der Waals surface area contributed by atoms with E-state index in [1.165, 1.54) is 37.9 Å². The standard InChI is InChI=1S/C40H44N8O10/c1-39-31(47(37(55)45-35(39)53)15-13-29(49)43-27(33(51)57-3)17-21-19-41-25-11-7-5-9-23(21)25)32-40(39,2)36(54)46-38(56)48(32)16-14-30(50)44-28(34(52)58-4)18-22-20-42-26-12-8-6-10-24(22)26/h5-12,19-20,27-28,31-32,41-42H,13-18H2,1-4H3,(H,43,49)(H,44,50)(H,45,53,55)(H,46,54,56)/t27-,28-,31-,32+,39+,40-/m0/s1. The SMILES string of the molecule is COC(=O)[C@H](Cc1c[nH]c2ccccc12)NC(=O)CCN1C(=O)NC(=O)[C@@]2(C)[C@@H]1[C@H]1N(CCC(=O)N[C@@H](Cc3c[nH]c4ccccc34)C(=O)OC)C(=O)NC(=O)[C@]12C. The van der Waals surface area contributed by atoms with E-state index in [1.807, 2.05) is 48.5 Å². The van der Waals surface area contributed by atoms with E-state index in [9.17, 15) is 38.4 Å². The molecule has 6 atom stereocenters. The molecule has 0 radical (unpaired) electrons. The fourth-order valence-corrected chi connectivity index (χ4v) is 8.87. The van der Waals surface area contributed by atoms with E-state index in [0.717, 1.165) is 32.9 Å². The van der Waals surface area contributed by atoms with Gasteiger partial charge in [-0.15, -0.1) is 0 Å². The Kier molecular flexibility index (Phi) is 10.4. The number of nitrogens with one attached hydrogen (secondary N) is 6. The van der Waals surface area contributed by atoms with Crippen LogP contribution in [-0.2, 0) is 51.1 Å². The molecule has 6 N–H and O–H groups in total. The molecule has 1 saturated carbocycles. The van der Waals surface area contributed by atoms with Crippen LogP contribution in [0.15, 0.2) is 60.9 Å². The second-order valence-electron chi connectivity index (χ2n) is 15.1. The third-order valence-electron chi connectivity index (χ3n) is 12.1. The minimum Gasteiger partial charge on any atom is -0.467 e. The van der Waals surface area contributed by atoms with Gasteiger partial charge in [-0.2, -0.15) is 0 Å². The first-order chi connectivity index (χ1) is 27.7. The van der Waals surface area contributed by atoms with Crippen molar-refractivity contribution < 1.29 is 47.8 Å². The van der Waals surface area contributed by atoms with Crippen molar-refractivity contribution in [2.75, 3.05) is 27.3 Å². The number of rotatable bonds is 14. The van der Waals surface area contributed by atoms with Crippen LogP contribution >= 0.6 is 0 Å². The number of imide groups is 2. The zero-order valence-electron chi connectivity index (χ0n) is 32.3. The van der Waals surface area contributed by atoms with Crippen molar-refractivity contribution in [1.82, 2.24) is 41.0 Å². The number of ether oxygens (including phenoxy) is 2. The van der Waals surface area contributed by atoms with Gasteiger partial charge in [0.15, 0.2) is 0 Å². The molecule has 58 heavy (non-hydrogen) atoms. The van der Waals surface area contributed by atoms with Gasteiger partial charge in [0.1, 0.15) is 12.1 Å². The van der Waals surface area contributed by atoms with Crippen molar-refractivity contribution in [1.29, 1.82) is 0 Å². The lowest BCUT2D eigenvalue weighted by molar-refractivity contribution is -0.213. The van der Waals surface area contributed by atoms with E-state index in [-0.39, 0.29) is 38.8 Å². The summed E-state index contributed by atoms with van der Waals surface area (Å²) >= 11 is 0. The molecule has 3 aliphatic rings. The van der Waals surface area contributed by atoms with Gasteiger partial charge in [-0.25, -0.2) is 19.2 Å². The molecule has 18 nitrogen and oxygen atoms in total. The summed E-state index contributed by atoms with van der Waals surface area (Å²) in [6.45, 7) is 2.53. The summed E-state index contributed by atoms with van der Waals surface area (Å²) < 4.78 is 9.93. The lowest BCUT2D eigenvalue weighted by Crippen LogP contribution is -2.91. The highest BCUT2D eigenvalue weighted by Gasteiger charge is 2.80. The largest absolute Gasteiger partial charge is 0.467 e. The van der Waals surface area contributed by atoms with Crippen LogP contribution in [0, 0.1) is 10.8 Å². The second kappa shape index (κ2) is 15.3. The lowest BCUT2D eigenvalue weighted by Gasteiger charge is -2.71. The third kappa shape index (κ3) is 6.56. The summed E-state index contributed by atoms with van der Waals surface area (Å²) in [6, 6.07) is 9.03. The Bertz CT molecular complexity index is 2190. The number of para-hydroxylation sites is 2. The molecule has 0 unspecified atom stereocenters. The van der Waals surface area contributed by atoms with Gasteiger partial charge in [-0.05, 0) is 37.1 Å². The smallest absolute Gasteiger partial charge is 0.328 e. The lowest BCUT2D eigenvalue weighted by atomic mass is 9.42. The Morgan fingerprint density at radius 2 is 1.03 bits per heavy atom. The molecule has 0 bridgehead atoms. The first kappa shape index (κ1) is 39.5. The summed E-state index contributed by atoms with van der Waals surface area (Å²) in [7, 11) is 2.42. The number of fused-ring (bicyclic) bond motifs is 6. The molecule has 2 aromatic carbocycles. The number of methoxy groups -OCH3 is 2. The van der Waals surface area contributed by atoms with Crippen LogP contribution in [0.5, 0.6) is 0 Å². The molecular formula is C40H44N8O10. The van der Waals surface area contributed by atoms with Crippen molar-refractivity contribution in [3.05, 3.63) is 72.1 Å². The molecule has 304 valence electrons. The maximum atomic E-state index is 13.6. The van der Waals surface area contributed by atoms with Crippen LogP contribution in [0.3, 0.4) is 0 Å². The Labute approximate surface area is 331 Å². The summed E-state index contributed by atoms with van der Waals surface area (Å²) in [4.78, 5) is 115. The summed E-state index contributed by atoms with van der Waals surface area (Å²) in [5.41, 5.74) is 0.150. The fraction of sp³-hybridized carbons (Fsp3) is 0.400. The fourth-order valence-electron chi connectivity index (χ4n) is 8.87. The number of hydrogen-bond acceptors (Lipinski definition) is 10. The van der Waals surface area contributed by atoms with Gasteiger partial charge in [0.05, 0.1) is 37.1 Å². The zero-order chi connectivity index (χ0) is 41.5. The first-order valence-electron chi connectivity index (χ1n) is 18.8. The third-order valence-corrected chi connectivity index (χ3v) is 12.1. The van der Waals surface area contributed by atoms with Gasteiger partial charge in [0, 0.05) is 73.0 Å². The number of hydrogen-bond donors (Lipinski definition) is 6. The van der Waals surface area contributed by atoms with E-state index in [0.29, 0.717) is 0 Å². The summed E-state index contributed by atoms with van der Waals surface area (Å²) in [5.74, 6) is -4.00. The van der Waals surface area contributed by atoms with Crippen molar-refractivity contribution in [2.45, 2.75) is 63.7 Å². The van der Waals surface area contributed by atoms with Crippen LogP contribution in [0.1, 0.15) is 37.8 Å². The highest BCUT2D eigenvalue weighted by molar-refractivity contribution is 6.11. The molecule has 7 rings (SSSR count). The van der Waals surface area contributed by atoms with E-state index in [1.54, 1.807) is 12.4 Å². The van der Waals surface area contributed by atoms with Gasteiger partial charge in [-0.1, -0.05) is 36.4 Å². The second-order valence-corrected chi connectivity index (χ2v) is 15.1. The number of urea groups is 2. The van der Waals surface area contributed by atoms with Crippen LogP contribution < -0.4 is 21.3 Å². The van der Waals surface area contributed by atoms with E-state index < -0.39 is 82.6 Å². The van der Waals surface area contributed by atoms with Crippen molar-refractivity contribution in [2.24, 2.45) is 10.8 Å². The first-order valence-corrected chi connectivity index (χ1v) is 18.8. The molecule has 8 amide bonds. The highest BCUT2D eigenvalue weighted by atomic mass is 16.5. The molecule has 0 spiro atoms. The van der Waals surface area contributed by atoms with Gasteiger partial charge in [0.25, 0.3) is 0 Å². The van der Waals surface area contributed by atoms with Gasteiger partial charge in [-0.3, -0.25) is 29.8 Å². The average Bonchev–Trinajstić information content (AvgIpc) is 3.82. The number of benzene rings is 2.